The van der Waals surface area contributed by atoms with Crippen molar-refractivity contribution in [3.05, 3.63) is 90.5 Å². The van der Waals surface area contributed by atoms with Crippen LogP contribution in [0.2, 0.25) is 0 Å². The quantitative estimate of drug-likeness (QED) is 0.0223. The molecule has 246 valence electrons. The molecule has 0 atom stereocenters. The van der Waals surface area contributed by atoms with Crippen molar-refractivity contribution in [2.75, 3.05) is 18.2 Å². The van der Waals surface area contributed by atoms with Gasteiger partial charge in [-0.1, -0.05) is 10.1 Å². The van der Waals surface area contributed by atoms with Crippen molar-refractivity contribution in [3.8, 4) is 17.2 Å². The van der Waals surface area contributed by atoms with Crippen LogP contribution in [0.1, 0.15) is 10.4 Å². The zero-order valence-electron chi connectivity index (χ0n) is 24.5. The Morgan fingerprint density at radius 1 is 0.792 bits per heavy atom. The van der Waals surface area contributed by atoms with Gasteiger partial charge in [-0.3, -0.25) is 4.79 Å². The second kappa shape index (κ2) is 16.0. The number of hydrogen-bond donors (Lipinski definition) is 6. The number of carbonyl (C=O) groups is 1. The Morgan fingerprint density at radius 3 is 2.21 bits per heavy atom. The first kappa shape index (κ1) is 34.0. The van der Waals surface area contributed by atoms with Gasteiger partial charge >= 0.3 is 0 Å². The van der Waals surface area contributed by atoms with Crippen LogP contribution in [0.4, 0.5) is 34.1 Å². The third-order valence-electron chi connectivity index (χ3n) is 6.44. The summed E-state index contributed by atoms with van der Waals surface area (Å²) in [5.41, 5.74) is 7.59. The number of rotatable bonds is 13. The van der Waals surface area contributed by atoms with Gasteiger partial charge in [0.05, 0.1) is 41.8 Å². The van der Waals surface area contributed by atoms with E-state index >= 15 is 0 Å². The number of fused-ring (bicyclic) bond motifs is 1. The van der Waals surface area contributed by atoms with E-state index in [9.17, 15) is 15.0 Å². The molecule has 18 heteroatoms. The molecule has 0 saturated heterocycles. The van der Waals surface area contributed by atoms with Gasteiger partial charge < -0.3 is 26.0 Å². The highest BCUT2D eigenvalue weighted by Gasteiger charge is 2.17. The topological polar surface area (TPSA) is 232 Å². The van der Waals surface area contributed by atoms with Crippen molar-refractivity contribution in [2.45, 2.75) is 9.79 Å². The predicted molar refractivity (Wildman–Crippen MR) is 175 cm³/mol. The molecule has 0 spiro atoms. The van der Waals surface area contributed by atoms with Gasteiger partial charge in [-0.2, -0.15) is 5.11 Å². The number of ether oxygens (including phenoxy) is 1. The first-order chi connectivity index (χ1) is 23.3. The van der Waals surface area contributed by atoms with Crippen molar-refractivity contribution < 1.29 is 49.0 Å². The second-order valence-corrected chi connectivity index (χ2v) is 11.0. The summed E-state index contributed by atoms with van der Waals surface area (Å²) in [6, 6.07) is 22.0. The lowest BCUT2D eigenvalue weighted by Crippen LogP contribution is -2.11. The van der Waals surface area contributed by atoms with E-state index in [0.717, 1.165) is 12.0 Å². The molecule has 5 aromatic rings. The number of nitrogens with zero attached hydrogens (tertiary/aromatic N) is 4. The number of nitrogens with two attached hydrogens (primary N) is 1. The van der Waals surface area contributed by atoms with Gasteiger partial charge in [0.1, 0.15) is 28.6 Å². The van der Waals surface area contributed by atoms with Crippen molar-refractivity contribution in [1.29, 1.82) is 0 Å². The third-order valence-corrected chi connectivity index (χ3v) is 7.65. The van der Waals surface area contributed by atoms with Crippen LogP contribution in [0.25, 0.3) is 10.8 Å². The van der Waals surface area contributed by atoms with Gasteiger partial charge in [0, 0.05) is 39.4 Å². The summed E-state index contributed by atoms with van der Waals surface area (Å²) in [7, 11) is 1.39. The molecule has 0 aromatic heterocycles. The Kier molecular flexibility index (Phi) is 11.3. The molecule has 0 aliphatic rings. The maximum absolute atomic E-state index is 12.7. The van der Waals surface area contributed by atoms with Gasteiger partial charge in [-0.25, -0.2) is 10.5 Å². The lowest BCUT2D eigenvalue weighted by molar-refractivity contribution is -0.432. The molecule has 0 unspecified atom stereocenters. The molecule has 1 amide bonds. The second-order valence-electron chi connectivity index (χ2n) is 9.44. The molecule has 0 heterocycles. The molecule has 48 heavy (non-hydrogen) atoms. The van der Waals surface area contributed by atoms with Crippen LogP contribution >= 0.6 is 24.1 Å². The fourth-order valence-corrected chi connectivity index (χ4v) is 5.04. The molecule has 16 nitrogen and oxygen atoms in total. The Bertz CT molecular complexity index is 1980. The number of amides is 1. The van der Waals surface area contributed by atoms with Gasteiger partial charge in [0.2, 0.25) is 0 Å². The largest absolute Gasteiger partial charge is 0.506 e. The fraction of sp³-hybridized carbons (Fsp3) is 0.0333. The average Bonchev–Trinajstić information content (AvgIpc) is 3.09. The van der Waals surface area contributed by atoms with Crippen LogP contribution < -0.4 is 15.8 Å². The van der Waals surface area contributed by atoms with E-state index in [-0.39, 0.29) is 45.1 Å². The van der Waals surface area contributed by atoms with Crippen LogP contribution in [0, 0.1) is 0 Å². The molecular weight excluding hydrogens is 668 g/mol. The van der Waals surface area contributed by atoms with E-state index in [1.165, 1.54) is 19.2 Å². The molecule has 0 aliphatic carbocycles. The average molecular weight is 693 g/mol. The first-order valence-electron chi connectivity index (χ1n) is 13.4. The van der Waals surface area contributed by atoms with E-state index in [1.54, 1.807) is 72.8 Å². The summed E-state index contributed by atoms with van der Waals surface area (Å²) < 4.78 is 14.4. The van der Waals surface area contributed by atoms with E-state index < -0.39 is 0 Å². The number of carbonyl (C=O) groups excluding carboxylic acids is 1. The highest BCUT2D eigenvalue weighted by atomic mass is 32.2. The minimum Gasteiger partial charge on any atom is -0.506 e. The zero-order valence-corrected chi connectivity index (χ0v) is 26.1. The summed E-state index contributed by atoms with van der Waals surface area (Å²) in [4.78, 5) is 13.5. The van der Waals surface area contributed by atoms with Crippen molar-refractivity contribution >= 4 is 74.9 Å². The lowest BCUT2D eigenvalue weighted by Gasteiger charge is -2.11. The molecule has 0 saturated carbocycles. The standard InChI is InChI=1S/C30H24N6O10S2/c1-42-26-15-23(25(37)14-24(26)35-33-19-6-9-21(10-7-19)47-45-43-40)34-36-28-27(48-46-44-41)13-17-12-20(8-11-22(17)29(28)38)32-30(39)16-2-4-18(31)5-3-16/h2-15,37-38,40-41H,31H2,1H3,(H,32,39). The number of nitrogen functional groups attached to an aromatic ring is 1. The third kappa shape index (κ3) is 8.34. The molecule has 5 rings (SSSR count). The highest BCUT2D eigenvalue weighted by molar-refractivity contribution is 7.94. The SMILES string of the molecule is COc1cc(N=Nc2c(SOOO)cc3cc(NC(=O)c4ccc(N)cc4)ccc3c2O)c(O)cc1N=Nc1ccc(SOOO)cc1. The van der Waals surface area contributed by atoms with Gasteiger partial charge in [-0.15, -0.1) is 24.0 Å². The van der Waals surface area contributed by atoms with E-state index in [4.69, 9.17) is 21.0 Å². The Morgan fingerprint density at radius 2 is 1.50 bits per heavy atom. The zero-order chi connectivity index (χ0) is 34.0. The molecule has 0 radical (unpaired) electrons. The molecule has 0 bridgehead atoms. The number of azo groups is 2. The van der Waals surface area contributed by atoms with Crippen molar-refractivity contribution in [1.82, 2.24) is 0 Å². The number of benzene rings is 5. The van der Waals surface area contributed by atoms with Crippen LogP contribution in [0.15, 0.2) is 115 Å². The number of nitrogens with one attached hydrogen (secondary N) is 1. The molecular formula is C30H24N6O10S2. The summed E-state index contributed by atoms with van der Waals surface area (Å²) in [5.74, 6) is -0.803. The normalized spacial score (nSPS) is 11.5. The number of phenols is 2. The van der Waals surface area contributed by atoms with E-state index in [2.05, 4.69) is 44.5 Å². The first-order valence-corrected chi connectivity index (χ1v) is 14.9. The van der Waals surface area contributed by atoms with Gasteiger partial charge in [-0.05, 0) is 78.2 Å². The minimum atomic E-state index is -0.368. The maximum atomic E-state index is 12.7. The smallest absolute Gasteiger partial charge is 0.255 e. The van der Waals surface area contributed by atoms with E-state index in [0.29, 0.717) is 50.3 Å². The van der Waals surface area contributed by atoms with Gasteiger partial charge in [0.15, 0.2) is 5.75 Å². The van der Waals surface area contributed by atoms with Crippen molar-refractivity contribution in [2.24, 2.45) is 20.5 Å². The summed E-state index contributed by atoms with van der Waals surface area (Å²) in [5, 5.41) is 66.3. The number of hydrogen-bond acceptors (Lipinski definition) is 17. The number of anilines is 2. The lowest BCUT2D eigenvalue weighted by atomic mass is 10.1. The summed E-state index contributed by atoms with van der Waals surface area (Å²) >= 11 is 1.32. The Labute approximate surface area is 279 Å². The van der Waals surface area contributed by atoms with Crippen molar-refractivity contribution in [3.63, 3.8) is 0 Å². The summed E-state index contributed by atoms with van der Waals surface area (Å²) in [6.45, 7) is 0. The maximum Gasteiger partial charge on any atom is 0.255 e. The Balaban J connectivity index is 1.41. The predicted octanol–water partition coefficient (Wildman–Crippen LogP) is 8.78. The molecule has 0 fully saturated rings. The summed E-state index contributed by atoms with van der Waals surface area (Å²) in [6.07, 6.45) is 0. The number of aromatic hydroxyl groups is 2. The van der Waals surface area contributed by atoms with Gasteiger partial charge in [0.25, 0.3) is 5.91 Å². The minimum absolute atomic E-state index is 0.0335. The fourth-order valence-electron chi connectivity index (χ4n) is 4.19. The highest BCUT2D eigenvalue weighted by Crippen LogP contribution is 2.46. The number of methoxy groups -OCH3 is 1. The molecule has 0 aliphatic heterocycles. The van der Waals surface area contributed by atoms with Crippen LogP contribution in [0.3, 0.4) is 0 Å². The van der Waals surface area contributed by atoms with E-state index in [1.807, 2.05) is 0 Å². The molecule has 5 aromatic carbocycles. The van der Waals surface area contributed by atoms with Crippen LogP contribution in [-0.4, -0.2) is 33.7 Å². The number of phenolic OH excluding ortho intramolecular Hbond substituents is 2. The Hall–Kier alpha value is -5.31. The monoisotopic (exact) mass is 692 g/mol. The molecule has 7 N–H and O–H groups in total. The van der Waals surface area contributed by atoms with Crippen LogP contribution in [-0.2, 0) is 18.7 Å². The van der Waals surface area contributed by atoms with Crippen LogP contribution in [0.5, 0.6) is 17.2 Å².